The second-order valence-corrected chi connectivity index (χ2v) is 4.96. The fourth-order valence-corrected chi connectivity index (χ4v) is 3.33. The molecular weight excluding hydrogens is 244 g/mol. The molecule has 2 aliphatic heterocycles. The third-order valence-corrected chi connectivity index (χ3v) is 4.32. The average Bonchev–Trinajstić information content (AvgIpc) is 2.33. The molecule has 7 heteroatoms. The highest BCUT2D eigenvalue weighted by molar-refractivity contribution is 8.00. The number of carboxylic acids is 1. The van der Waals surface area contributed by atoms with Crippen LogP contribution in [0.3, 0.4) is 0 Å². The first-order chi connectivity index (χ1) is 8.07. The largest absolute Gasteiger partial charge is 0.477 e. The Kier molecular flexibility index (Phi) is 3.10. The summed E-state index contributed by atoms with van der Waals surface area (Å²) < 4.78 is 0. The van der Waals surface area contributed by atoms with Gasteiger partial charge >= 0.3 is 5.97 Å². The number of aliphatic carboxylic acids is 1. The van der Waals surface area contributed by atoms with Crippen LogP contribution in [-0.2, 0) is 14.4 Å². The minimum atomic E-state index is -1.10. The van der Waals surface area contributed by atoms with Crippen LogP contribution in [0.1, 0.15) is 6.92 Å². The van der Waals surface area contributed by atoms with Gasteiger partial charge in [-0.3, -0.25) is 9.69 Å². The summed E-state index contributed by atoms with van der Waals surface area (Å²) in [6.07, 6.45) is 0. The van der Waals surface area contributed by atoms with Crippen molar-refractivity contribution in [2.75, 3.05) is 12.4 Å². The van der Waals surface area contributed by atoms with Crippen LogP contribution in [0, 0.1) is 5.92 Å². The Hall–Kier alpha value is -1.50. The van der Waals surface area contributed by atoms with Crippen LogP contribution < -0.4 is 0 Å². The van der Waals surface area contributed by atoms with Crippen LogP contribution >= 0.6 is 11.8 Å². The second kappa shape index (κ2) is 4.40. The maximum atomic E-state index is 11.7. The summed E-state index contributed by atoms with van der Waals surface area (Å²) in [6, 6.07) is 0. The number of rotatable bonds is 4. The molecule has 92 valence electrons. The van der Waals surface area contributed by atoms with Gasteiger partial charge in [0.25, 0.3) is 0 Å². The molecule has 1 N–H and O–H groups in total. The zero-order valence-corrected chi connectivity index (χ0v) is 10.1. The van der Waals surface area contributed by atoms with Crippen molar-refractivity contribution in [3.8, 4) is 0 Å². The number of fused-ring (bicyclic) bond motifs is 1. The molecule has 0 spiro atoms. The molecule has 0 aromatic heterocycles. The molecular formula is C10H12N2O4S. The first kappa shape index (κ1) is 12.0. The normalized spacial score (nSPS) is 27.4. The Morgan fingerprint density at radius 1 is 1.76 bits per heavy atom. The van der Waals surface area contributed by atoms with Crippen LogP contribution in [0.5, 0.6) is 0 Å². The number of oxime groups is 1. The summed E-state index contributed by atoms with van der Waals surface area (Å²) in [4.78, 5) is 29.0. The molecule has 17 heavy (non-hydrogen) atoms. The number of carboxylic acid groups (broad SMARTS) is 1. The summed E-state index contributed by atoms with van der Waals surface area (Å²) in [6.45, 7) is 5.03. The van der Waals surface area contributed by atoms with Crippen molar-refractivity contribution in [3.05, 3.63) is 11.3 Å². The van der Waals surface area contributed by atoms with Crippen molar-refractivity contribution in [3.63, 3.8) is 0 Å². The van der Waals surface area contributed by atoms with Crippen LogP contribution in [0.15, 0.2) is 16.4 Å². The number of hydrogen-bond acceptors (Lipinski definition) is 5. The Morgan fingerprint density at radius 2 is 2.47 bits per heavy atom. The molecule has 0 aromatic rings. The van der Waals surface area contributed by atoms with Crippen molar-refractivity contribution < 1.29 is 19.5 Å². The minimum absolute atomic E-state index is 0.0421. The highest BCUT2D eigenvalue weighted by Gasteiger charge is 2.51. The van der Waals surface area contributed by atoms with Gasteiger partial charge in [0.05, 0.1) is 11.3 Å². The maximum absolute atomic E-state index is 11.7. The van der Waals surface area contributed by atoms with E-state index in [0.29, 0.717) is 11.3 Å². The highest BCUT2D eigenvalue weighted by Crippen LogP contribution is 2.43. The number of nitrogens with zero attached hydrogens (tertiary/aromatic N) is 2. The topological polar surface area (TPSA) is 79.2 Å². The van der Waals surface area contributed by atoms with E-state index in [1.807, 2.05) is 6.92 Å². The van der Waals surface area contributed by atoms with Gasteiger partial charge in [0, 0.05) is 18.0 Å². The van der Waals surface area contributed by atoms with Gasteiger partial charge in [-0.05, 0) is 0 Å². The van der Waals surface area contributed by atoms with Crippen LogP contribution in [0.2, 0.25) is 0 Å². The van der Waals surface area contributed by atoms with Crippen molar-refractivity contribution in [1.29, 1.82) is 0 Å². The second-order valence-electron chi connectivity index (χ2n) is 3.86. The monoisotopic (exact) mass is 256 g/mol. The summed E-state index contributed by atoms with van der Waals surface area (Å²) in [5, 5.41) is 12.3. The molecule has 1 unspecified atom stereocenters. The Balaban J connectivity index is 2.29. The van der Waals surface area contributed by atoms with E-state index in [9.17, 15) is 14.7 Å². The average molecular weight is 256 g/mol. The molecule has 2 atom stereocenters. The lowest BCUT2D eigenvalue weighted by Gasteiger charge is -2.48. The third kappa shape index (κ3) is 1.80. The van der Waals surface area contributed by atoms with Gasteiger partial charge in [-0.2, -0.15) is 0 Å². The fraction of sp³-hybridized carbons (Fsp3) is 0.500. The Bertz CT molecular complexity index is 421. The number of carbonyl (C=O) groups excluding carboxylic acids is 1. The molecule has 1 amide bonds. The van der Waals surface area contributed by atoms with Crippen molar-refractivity contribution in [2.24, 2.45) is 11.1 Å². The summed E-state index contributed by atoms with van der Waals surface area (Å²) in [5.41, 5.74) is 0.604. The van der Waals surface area contributed by atoms with Gasteiger partial charge in [0.1, 0.15) is 12.3 Å². The molecule has 0 aromatic carbocycles. The van der Waals surface area contributed by atoms with E-state index in [-0.39, 0.29) is 29.5 Å². The first-order valence-corrected chi connectivity index (χ1v) is 6.10. The zero-order chi connectivity index (χ0) is 12.6. The molecule has 0 aliphatic carbocycles. The van der Waals surface area contributed by atoms with E-state index in [4.69, 9.17) is 4.84 Å². The zero-order valence-electron chi connectivity index (χ0n) is 9.25. The molecule has 0 saturated carbocycles. The highest BCUT2D eigenvalue weighted by atomic mass is 32.2. The summed E-state index contributed by atoms with van der Waals surface area (Å²) in [5.74, 6) is -0.827. The van der Waals surface area contributed by atoms with E-state index in [1.165, 1.54) is 4.90 Å². The van der Waals surface area contributed by atoms with Crippen molar-refractivity contribution in [1.82, 2.24) is 4.90 Å². The Labute approximate surface area is 102 Å². The number of thioether (sulfide) groups is 1. The van der Waals surface area contributed by atoms with Crippen molar-refractivity contribution >= 4 is 30.4 Å². The van der Waals surface area contributed by atoms with Gasteiger partial charge in [-0.1, -0.05) is 6.92 Å². The van der Waals surface area contributed by atoms with Gasteiger partial charge in [0.2, 0.25) is 5.91 Å². The quantitative estimate of drug-likeness (QED) is 0.450. The predicted octanol–water partition coefficient (Wildman–Crippen LogP) is 0.509. The molecule has 1 saturated heterocycles. The summed E-state index contributed by atoms with van der Waals surface area (Å²) in [7, 11) is 0. The molecule has 0 radical (unpaired) electrons. The van der Waals surface area contributed by atoms with Crippen LogP contribution in [-0.4, -0.2) is 46.3 Å². The predicted molar refractivity (Wildman–Crippen MR) is 62.4 cm³/mol. The SMILES string of the molecule is C=NOCC1=C(C(=O)O)N2C(=O)[C@@H](C)C2SC1. The third-order valence-electron chi connectivity index (χ3n) is 2.85. The van der Waals surface area contributed by atoms with E-state index in [2.05, 4.69) is 11.9 Å². The number of amides is 1. The van der Waals surface area contributed by atoms with E-state index in [1.54, 1.807) is 11.8 Å². The van der Waals surface area contributed by atoms with Crippen LogP contribution in [0.25, 0.3) is 0 Å². The lowest BCUT2D eigenvalue weighted by Crippen LogP contribution is -2.60. The minimum Gasteiger partial charge on any atom is -0.477 e. The summed E-state index contributed by atoms with van der Waals surface area (Å²) >= 11 is 1.55. The number of β-lactam (4-membered cyclic amide) rings is 1. The van der Waals surface area contributed by atoms with Crippen LogP contribution in [0.4, 0.5) is 0 Å². The molecule has 0 bridgehead atoms. The molecule has 2 aliphatic rings. The van der Waals surface area contributed by atoms with Gasteiger partial charge < -0.3 is 9.94 Å². The fourth-order valence-electron chi connectivity index (χ4n) is 1.98. The number of hydrogen-bond donors (Lipinski definition) is 1. The smallest absolute Gasteiger partial charge is 0.352 e. The lowest BCUT2D eigenvalue weighted by molar-refractivity contribution is -0.151. The van der Waals surface area contributed by atoms with Gasteiger partial charge in [-0.15, -0.1) is 16.9 Å². The molecule has 2 rings (SSSR count). The lowest BCUT2D eigenvalue weighted by atomic mass is 9.98. The number of carbonyl (C=O) groups is 2. The molecule has 2 heterocycles. The van der Waals surface area contributed by atoms with E-state index in [0.717, 1.165) is 0 Å². The van der Waals surface area contributed by atoms with Gasteiger partial charge in [-0.25, -0.2) is 4.79 Å². The standard InChI is InChI=1S/C10H12N2O4S/c1-5-8(13)12-7(10(14)15)6(3-16-11-2)4-17-9(5)12/h5,9H,2-4H2,1H3,(H,14,15)/t5-,9?/m1/s1. The first-order valence-electron chi connectivity index (χ1n) is 5.06. The van der Waals surface area contributed by atoms with Gasteiger partial charge in [0.15, 0.2) is 0 Å². The molecule has 1 fully saturated rings. The van der Waals surface area contributed by atoms with E-state index < -0.39 is 5.97 Å². The Morgan fingerprint density at radius 3 is 3.06 bits per heavy atom. The maximum Gasteiger partial charge on any atom is 0.352 e. The van der Waals surface area contributed by atoms with E-state index >= 15 is 0 Å². The van der Waals surface area contributed by atoms with Crippen molar-refractivity contribution in [2.45, 2.75) is 12.3 Å². The molecule has 6 nitrogen and oxygen atoms in total.